The number of carbonyl (C=O) groups is 2. The van der Waals surface area contributed by atoms with Crippen LogP contribution in [0.4, 0.5) is 5.69 Å². The van der Waals surface area contributed by atoms with Gasteiger partial charge in [-0.15, -0.1) is 0 Å². The van der Waals surface area contributed by atoms with Gasteiger partial charge in [0, 0.05) is 19.3 Å². The van der Waals surface area contributed by atoms with Gasteiger partial charge in [-0.3, -0.25) is 14.3 Å². The number of carbonyl (C=O) groups excluding carboxylic acids is 2. The number of anilines is 1. The zero-order valence-electron chi connectivity index (χ0n) is 14.7. The van der Waals surface area contributed by atoms with Crippen molar-refractivity contribution < 1.29 is 14.3 Å². The van der Waals surface area contributed by atoms with E-state index in [-0.39, 0.29) is 18.4 Å². The fraction of sp³-hybridized carbons (Fsp3) is 0.389. The molecule has 2 aromatic rings. The van der Waals surface area contributed by atoms with Crippen LogP contribution in [-0.4, -0.2) is 52.8 Å². The predicted octanol–water partition coefficient (Wildman–Crippen LogP) is 0.555. The van der Waals surface area contributed by atoms with Crippen LogP contribution in [-0.2, 0) is 26.4 Å². The van der Waals surface area contributed by atoms with E-state index in [1.54, 1.807) is 18.0 Å². The van der Waals surface area contributed by atoms with Crippen molar-refractivity contribution in [1.82, 2.24) is 14.7 Å². The second kappa shape index (κ2) is 7.67. The normalized spacial score (nSPS) is 16.8. The molecule has 1 atom stereocenters. The summed E-state index contributed by atoms with van der Waals surface area (Å²) in [7, 11) is 0. The fourth-order valence-corrected chi connectivity index (χ4v) is 2.74. The molecule has 138 valence electrons. The van der Waals surface area contributed by atoms with Crippen LogP contribution in [0, 0.1) is 0 Å². The quantitative estimate of drug-likeness (QED) is 0.814. The highest BCUT2D eigenvalue weighted by Gasteiger charge is 2.30. The van der Waals surface area contributed by atoms with Crippen molar-refractivity contribution in [2.75, 3.05) is 31.6 Å². The van der Waals surface area contributed by atoms with E-state index in [2.05, 4.69) is 10.4 Å². The summed E-state index contributed by atoms with van der Waals surface area (Å²) in [5.74, 6) is -0.370. The summed E-state index contributed by atoms with van der Waals surface area (Å²) in [6.45, 7) is 4.07. The fourth-order valence-electron chi connectivity index (χ4n) is 2.74. The summed E-state index contributed by atoms with van der Waals surface area (Å²) in [6, 6.07) is 9.16. The lowest BCUT2D eigenvalue weighted by atomic mass is 9.92. The molecule has 2 heterocycles. The van der Waals surface area contributed by atoms with Crippen LogP contribution in [0.15, 0.2) is 42.7 Å². The summed E-state index contributed by atoms with van der Waals surface area (Å²) in [5.41, 5.74) is 6.24. The van der Waals surface area contributed by atoms with Crippen molar-refractivity contribution in [3.05, 3.63) is 48.3 Å². The Kier molecular flexibility index (Phi) is 5.34. The maximum Gasteiger partial charge on any atom is 0.248 e. The topological polar surface area (TPSA) is 102 Å². The van der Waals surface area contributed by atoms with E-state index < -0.39 is 5.54 Å². The Bertz CT molecular complexity index is 766. The number of amides is 2. The lowest BCUT2D eigenvalue weighted by Gasteiger charge is -2.26. The van der Waals surface area contributed by atoms with Gasteiger partial charge in [0.1, 0.15) is 12.1 Å². The third-order valence-corrected chi connectivity index (χ3v) is 4.40. The van der Waals surface area contributed by atoms with Gasteiger partial charge in [0.05, 0.1) is 25.1 Å². The van der Waals surface area contributed by atoms with Gasteiger partial charge in [0.25, 0.3) is 0 Å². The molecule has 3 N–H and O–H groups in total. The Hall–Kier alpha value is -2.71. The molecule has 8 heteroatoms. The van der Waals surface area contributed by atoms with E-state index in [9.17, 15) is 9.59 Å². The first-order chi connectivity index (χ1) is 12.5. The van der Waals surface area contributed by atoms with Crippen molar-refractivity contribution in [2.45, 2.75) is 19.0 Å². The minimum Gasteiger partial charge on any atom is -0.378 e. The Labute approximate surface area is 151 Å². The van der Waals surface area contributed by atoms with Crippen molar-refractivity contribution in [2.24, 2.45) is 5.73 Å². The van der Waals surface area contributed by atoms with Crippen LogP contribution in [0.3, 0.4) is 0 Å². The standard InChI is InChI=1S/C18H23N5O3/c1-18(19,14-5-3-2-4-6-14)17(25)21-15-11-20-23(12-15)13-16(24)22-7-9-26-10-8-22/h2-6,11-12H,7-10,13,19H2,1H3,(H,21,25). The second-order valence-corrected chi connectivity index (χ2v) is 6.44. The third kappa shape index (κ3) is 4.09. The predicted molar refractivity (Wildman–Crippen MR) is 96.2 cm³/mol. The Morgan fingerprint density at radius 3 is 2.65 bits per heavy atom. The average Bonchev–Trinajstić information content (AvgIpc) is 3.10. The SMILES string of the molecule is CC(N)(C(=O)Nc1cnn(CC(=O)N2CCOCC2)c1)c1ccccc1. The molecule has 26 heavy (non-hydrogen) atoms. The molecule has 0 saturated carbocycles. The van der Waals surface area contributed by atoms with Gasteiger partial charge in [-0.05, 0) is 12.5 Å². The molecule has 1 saturated heterocycles. The molecule has 1 aliphatic heterocycles. The van der Waals surface area contributed by atoms with Gasteiger partial charge in [-0.1, -0.05) is 30.3 Å². The molecule has 1 aromatic heterocycles. The Morgan fingerprint density at radius 2 is 1.96 bits per heavy atom. The summed E-state index contributed by atoms with van der Waals surface area (Å²) >= 11 is 0. The number of benzene rings is 1. The lowest BCUT2D eigenvalue weighted by molar-refractivity contribution is -0.136. The summed E-state index contributed by atoms with van der Waals surface area (Å²) in [6.07, 6.45) is 3.13. The number of morpholine rings is 1. The molecule has 1 aliphatic rings. The molecule has 2 amide bonds. The first-order valence-corrected chi connectivity index (χ1v) is 8.50. The second-order valence-electron chi connectivity index (χ2n) is 6.44. The average molecular weight is 357 g/mol. The molecule has 8 nitrogen and oxygen atoms in total. The van der Waals surface area contributed by atoms with Crippen molar-refractivity contribution in [3.63, 3.8) is 0 Å². The smallest absolute Gasteiger partial charge is 0.248 e. The molecular formula is C18H23N5O3. The number of rotatable bonds is 5. The molecule has 0 aliphatic carbocycles. The van der Waals surface area contributed by atoms with Gasteiger partial charge < -0.3 is 20.7 Å². The summed E-state index contributed by atoms with van der Waals surface area (Å²) in [4.78, 5) is 26.5. The minimum atomic E-state index is -1.17. The molecule has 1 aromatic carbocycles. The monoisotopic (exact) mass is 357 g/mol. The molecule has 0 bridgehead atoms. The first-order valence-electron chi connectivity index (χ1n) is 8.50. The molecule has 0 radical (unpaired) electrons. The van der Waals surface area contributed by atoms with E-state index >= 15 is 0 Å². The van der Waals surface area contributed by atoms with Crippen LogP contribution in [0.25, 0.3) is 0 Å². The molecule has 1 fully saturated rings. The summed E-state index contributed by atoms with van der Waals surface area (Å²) < 4.78 is 6.74. The van der Waals surface area contributed by atoms with Gasteiger partial charge in [-0.25, -0.2) is 0 Å². The zero-order chi connectivity index (χ0) is 18.6. The van der Waals surface area contributed by atoms with E-state index in [4.69, 9.17) is 10.5 Å². The van der Waals surface area contributed by atoms with Crippen molar-refractivity contribution >= 4 is 17.5 Å². The number of ether oxygens (including phenoxy) is 1. The van der Waals surface area contributed by atoms with Crippen molar-refractivity contribution in [1.29, 1.82) is 0 Å². The van der Waals surface area contributed by atoms with Gasteiger partial charge in [-0.2, -0.15) is 5.10 Å². The highest BCUT2D eigenvalue weighted by molar-refractivity contribution is 5.98. The first kappa shape index (κ1) is 18.1. The van der Waals surface area contributed by atoms with E-state index in [0.717, 1.165) is 0 Å². The van der Waals surface area contributed by atoms with E-state index in [1.165, 1.54) is 10.9 Å². The number of nitrogens with zero attached hydrogens (tertiary/aromatic N) is 3. The van der Waals surface area contributed by atoms with Crippen LogP contribution in [0.5, 0.6) is 0 Å². The van der Waals surface area contributed by atoms with Crippen molar-refractivity contribution in [3.8, 4) is 0 Å². The molecule has 3 rings (SSSR count). The summed E-state index contributed by atoms with van der Waals surface area (Å²) in [5, 5.41) is 6.90. The van der Waals surface area contributed by atoms with Crippen LogP contribution >= 0.6 is 0 Å². The Morgan fingerprint density at radius 1 is 1.27 bits per heavy atom. The van der Waals surface area contributed by atoms with Crippen LogP contribution < -0.4 is 11.1 Å². The van der Waals surface area contributed by atoms with E-state index in [0.29, 0.717) is 37.6 Å². The number of hydrogen-bond donors (Lipinski definition) is 2. The number of aromatic nitrogens is 2. The zero-order valence-corrected chi connectivity index (χ0v) is 14.7. The van der Waals surface area contributed by atoms with Gasteiger partial charge in [0.2, 0.25) is 11.8 Å². The third-order valence-electron chi connectivity index (χ3n) is 4.40. The highest BCUT2D eigenvalue weighted by atomic mass is 16.5. The highest BCUT2D eigenvalue weighted by Crippen LogP contribution is 2.19. The number of nitrogens with two attached hydrogens (primary N) is 1. The van der Waals surface area contributed by atoms with Gasteiger partial charge >= 0.3 is 0 Å². The molecule has 1 unspecified atom stereocenters. The van der Waals surface area contributed by atoms with Crippen LogP contribution in [0.1, 0.15) is 12.5 Å². The Balaban J connectivity index is 1.61. The minimum absolute atomic E-state index is 0.0257. The molecular weight excluding hydrogens is 334 g/mol. The van der Waals surface area contributed by atoms with Gasteiger partial charge in [0.15, 0.2) is 0 Å². The maximum atomic E-state index is 12.6. The number of nitrogens with one attached hydrogen (secondary N) is 1. The lowest BCUT2D eigenvalue weighted by Crippen LogP contribution is -2.45. The largest absolute Gasteiger partial charge is 0.378 e. The number of hydrogen-bond acceptors (Lipinski definition) is 5. The van der Waals surface area contributed by atoms with Crippen LogP contribution in [0.2, 0.25) is 0 Å². The van der Waals surface area contributed by atoms with E-state index in [1.807, 2.05) is 30.3 Å². The molecule has 0 spiro atoms. The maximum absolute atomic E-state index is 12.6.